The first-order valence-corrected chi connectivity index (χ1v) is 21.6. The Hall–Kier alpha value is -8.40. The summed E-state index contributed by atoms with van der Waals surface area (Å²) in [5.41, 5.74) is 17.5. The van der Waals surface area contributed by atoms with E-state index in [4.69, 9.17) is 0 Å². The van der Waals surface area contributed by atoms with Gasteiger partial charge in [-0.3, -0.25) is 0 Å². The Morgan fingerprint density at radius 1 is 0.254 bits per heavy atom. The second-order valence-corrected chi connectivity index (χ2v) is 16.2. The molecule has 0 unspecified atom stereocenters. The lowest BCUT2D eigenvalue weighted by Crippen LogP contribution is -2.09. The molecular formula is C60H41N3. The van der Waals surface area contributed by atoms with Gasteiger partial charge in [0.25, 0.3) is 0 Å². The third-order valence-electron chi connectivity index (χ3n) is 12.5. The highest BCUT2D eigenvalue weighted by atomic mass is 15.1. The van der Waals surface area contributed by atoms with Gasteiger partial charge in [-0.1, -0.05) is 170 Å². The maximum absolute atomic E-state index is 2.48. The minimum atomic E-state index is 1.09. The molecule has 0 saturated heterocycles. The maximum Gasteiger partial charge on any atom is 0.0641 e. The summed E-state index contributed by atoms with van der Waals surface area (Å²) in [7, 11) is 0. The average Bonchev–Trinajstić information content (AvgIpc) is 3.89. The van der Waals surface area contributed by atoms with Crippen LogP contribution in [-0.2, 0) is 0 Å². The molecule has 0 saturated carbocycles. The number of nitrogens with zero attached hydrogens (tertiary/aromatic N) is 3. The summed E-state index contributed by atoms with van der Waals surface area (Å²) in [6.45, 7) is 0. The van der Waals surface area contributed by atoms with Gasteiger partial charge >= 0.3 is 0 Å². The van der Waals surface area contributed by atoms with Crippen LogP contribution in [-0.4, -0.2) is 9.13 Å². The Morgan fingerprint density at radius 3 is 1.25 bits per heavy atom. The van der Waals surface area contributed by atoms with Crippen molar-refractivity contribution in [3.8, 4) is 44.8 Å². The van der Waals surface area contributed by atoms with Gasteiger partial charge in [0, 0.05) is 50.0 Å². The monoisotopic (exact) mass is 803 g/mol. The van der Waals surface area contributed by atoms with Crippen LogP contribution < -0.4 is 4.90 Å². The van der Waals surface area contributed by atoms with E-state index in [1.807, 2.05) is 0 Å². The molecule has 10 aromatic carbocycles. The molecule has 0 N–H and O–H groups in total. The molecule has 0 aliphatic carbocycles. The molecule has 12 rings (SSSR count). The van der Waals surface area contributed by atoms with Crippen molar-refractivity contribution in [2.75, 3.05) is 4.90 Å². The van der Waals surface area contributed by atoms with E-state index in [9.17, 15) is 0 Å². The summed E-state index contributed by atoms with van der Waals surface area (Å²) in [5, 5.41) is 4.99. The van der Waals surface area contributed by atoms with Crippen LogP contribution in [0.15, 0.2) is 249 Å². The lowest BCUT2D eigenvalue weighted by Gasteiger charge is -2.26. The SMILES string of the molecule is c1ccc(-c2ccc(N(c3ccc(-c4ccccc4)cc3)c3ccc(-c4cccc(-n5c6ccccc6c6ccc7c(c8ccccc8n7-c7ccccc7)c65)c4)cc3)cc2)cc1. The van der Waals surface area contributed by atoms with Gasteiger partial charge in [-0.05, 0) is 112 Å². The van der Waals surface area contributed by atoms with Gasteiger partial charge in [0.15, 0.2) is 0 Å². The highest BCUT2D eigenvalue weighted by Crippen LogP contribution is 2.43. The zero-order valence-corrected chi connectivity index (χ0v) is 34.5. The standard InChI is InChI=1S/C60H41N3/c1-4-15-42(16-5-1)44-27-33-49(34-28-44)61(50-35-29-45(30-36-50)43-17-6-2-7-18-43)51-37-31-46(32-38-51)47-19-14-22-52(41-47)63-56-25-12-10-23-53(56)54-39-40-58-59(60(54)63)55-24-11-13-26-57(55)62(58)48-20-8-3-9-21-48/h1-41H. The third kappa shape index (κ3) is 6.29. The lowest BCUT2D eigenvalue weighted by atomic mass is 10.0. The summed E-state index contributed by atoms with van der Waals surface area (Å²) in [5.74, 6) is 0. The van der Waals surface area contributed by atoms with Crippen molar-refractivity contribution in [3.05, 3.63) is 249 Å². The molecule has 12 aromatic rings. The van der Waals surface area contributed by atoms with Gasteiger partial charge in [-0.25, -0.2) is 0 Å². The van der Waals surface area contributed by atoms with E-state index in [0.29, 0.717) is 0 Å². The fourth-order valence-electron chi connectivity index (χ4n) is 9.57. The number of fused-ring (bicyclic) bond motifs is 7. The second kappa shape index (κ2) is 15.3. The average molecular weight is 804 g/mol. The zero-order chi connectivity index (χ0) is 41.7. The van der Waals surface area contributed by atoms with Crippen molar-refractivity contribution in [2.45, 2.75) is 0 Å². The van der Waals surface area contributed by atoms with Crippen LogP contribution in [0.1, 0.15) is 0 Å². The van der Waals surface area contributed by atoms with Crippen molar-refractivity contribution in [1.82, 2.24) is 9.13 Å². The minimum Gasteiger partial charge on any atom is -0.311 e. The summed E-state index contributed by atoms with van der Waals surface area (Å²) < 4.78 is 4.88. The van der Waals surface area contributed by atoms with Gasteiger partial charge in [0.05, 0.1) is 22.1 Å². The Morgan fingerprint density at radius 2 is 0.683 bits per heavy atom. The molecule has 0 fully saturated rings. The second-order valence-electron chi connectivity index (χ2n) is 16.2. The summed E-state index contributed by atoms with van der Waals surface area (Å²) in [4.78, 5) is 2.35. The molecule has 0 amide bonds. The first kappa shape index (κ1) is 36.5. The molecule has 0 spiro atoms. The van der Waals surface area contributed by atoms with E-state index in [1.54, 1.807) is 0 Å². The minimum absolute atomic E-state index is 1.09. The van der Waals surface area contributed by atoms with Gasteiger partial charge in [-0.2, -0.15) is 0 Å². The van der Waals surface area contributed by atoms with Crippen LogP contribution in [0, 0.1) is 0 Å². The number of aromatic nitrogens is 2. The fourth-order valence-corrected chi connectivity index (χ4v) is 9.57. The maximum atomic E-state index is 2.48. The van der Waals surface area contributed by atoms with Crippen molar-refractivity contribution < 1.29 is 0 Å². The van der Waals surface area contributed by atoms with Crippen molar-refractivity contribution in [1.29, 1.82) is 0 Å². The number of para-hydroxylation sites is 3. The lowest BCUT2D eigenvalue weighted by molar-refractivity contribution is 1.17. The van der Waals surface area contributed by atoms with Crippen LogP contribution in [0.3, 0.4) is 0 Å². The van der Waals surface area contributed by atoms with E-state index in [-0.39, 0.29) is 0 Å². The molecular weight excluding hydrogens is 763 g/mol. The fraction of sp³-hybridized carbons (Fsp3) is 0. The molecule has 0 aliphatic heterocycles. The highest BCUT2D eigenvalue weighted by Gasteiger charge is 2.21. The summed E-state index contributed by atoms with van der Waals surface area (Å²) in [6.07, 6.45) is 0. The van der Waals surface area contributed by atoms with Crippen molar-refractivity contribution in [3.63, 3.8) is 0 Å². The molecule has 2 heterocycles. The normalized spacial score (nSPS) is 11.5. The van der Waals surface area contributed by atoms with Crippen LogP contribution in [0.4, 0.5) is 17.1 Å². The summed E-state index contributed by atoms with van der Waals surface area (Å²) in [6, 6.07) is 89.9. The van der Waals surface area contributed by atoms with E-state index < -0.39 is 0 Å². The van der Waals surface area contributed by atoms with E-state index in [2.05, 4.69) is 263 Å². The smallest absolute Gasteiger partial charge is 0.0641 e. The number of anilines is 3. The van der Waals surface area contributed by atoms with Gasteiger partial charge in [-0.15, -0.1) is 0 Å². The molecule has 2 aromatic heterocycles. The number of hydrogen-bond donors (Lipinski definition) is 0. The van der Waals surface area contributed by atoms with Gasteiger partial charge in [0.1, 0.15) is 0 Å². The first-order valence-electron chi connectivity index (χ1n) is 21.6. The van der Waals surface area contributed by atoms with Crippen molar-refractivity contribution in [2.24, 2.45) is 0 Å². The largest absolute Gasteiger partial charge is 0.311 e. The molecule has 63 heavy (non-hydrogen) atoms. The molecule has 0 bridgehead atoms. The number of benzene rings is 10. The predicted octanol–water partition coefficient (Wildman–Crippen LogP) is 16.4. The molecule has 0 aliphatic rings. The summed E-state index contributed by atoms with van der Waals surface area (Å²) >= 11 is 0. The van der Waals surface area contributed by atoms with Crippen LogP contribution in [0.2, 0.25) is 0 Å². The van der Waals surface area contributed by atoms with Crippen LogP contribution in [0.25, 0.3) is 88.4 Å². The van der Waals surface area contributed by atoms with Crippen LogP contribution >= 0.6 is 0 Å². The molecule has 3 heteroatoms. The Kier molecular flexibility index (Phi) is 8.83. The first-order chi connectivity index (χ1) is 31.3. The molecule has 296 valence electrons. The third-order valence-corrected chi connectivity index (χ3v) is 12.5. The Bertz CT molecular complexity index is 3480. The van der Waals surface area contributed by atoms with Gasteiger partial charge < -0.3 is 14.0 Å². The van der Waals surface area contributed by atoms with Crippen LogP contribution in [0.5, 0.6) is 0 Å². The molecule has 3 nitrogen and oxygen atoms in total. The topological polar surface area (TPSA) is 13.1 Å². The van der Waals surface area contributed by atoms with E-state index >= 15 is 0 Å². The highest BCUT2D eigenvalue weighted by molar-refractivity contribution is 6.26. The zero-order valence-electron chi connectivity index (χ0n) is 34.5. The molecule has 0 atom stereocenters. The predicted molar refractivity (Wildman–Crippen MR) is 266 cm³/mol. The van der Waals surface area contributed by atoms with E-state index in [1.165, 1.54) is 65.9 Å². The Labute approximate surface area is 366 Å². The Balaban J connectivity index is 0.969. The number of hydrogen-bond acceptors (Lipinski definition) is 1. The number of rotatable bonds is 8. The quantitative estimate of drug-likeness (QED) is 0.149. The van der Waals surface area contributed by atoms with Gasteiger partial charge in [0.2, 0.25) is 0 Å². The van der Waals surface area contributed by atoms with Crippen molar-refractivity contribution >= 4 is 60.7 Å². The van der Waals surface area contributed by atoms with E-state index in [0.717, 1.165) is 39.6 Å². The molecule has 0 radical (unpaired) electrons.